The van der Waals surface area contributed by atoms with Gasteiger partial charge in [-0.25, -0.2) is 4.79 Å². The van der Waals surface area contributed by atoms with Crippen molar-refractivity contribution in [2.45, 2.75) is 13.3 Å². The van der Waals surface area contributed by atoms with E-state index < -0.39 is 11.9 Å². The highest BCUT2D eigenvalue weighted by molar-refractivity contribution is 5.91. The van der Waals surface area contributed by atoms with E-state index >= 15 is 0 Å². The second-order valence-corrected chi connectivity index (χ2v) is 4.02. The van der Waals surface area contributed by atoms with Gasteiger partial charge in [-0.2, -0.15) is 5.26 Å². The van der Waals surface area contributed by atoms with Gasteiger partial charge >= 0.3 is 5.97 Å². The summed E-state index contributed by atoms with van der Waals surface area (Å²) in [6, 6.07) is 6.80. The summed E-state index contributed by atoms with van der Waals surface area (Å²) in [6.45, 7) is 1.72. The molecule has 0 aliphatic heterocycles. The van der Waals surface area contributed by atoms with Gasteiger partial charge < -0.3 is 14.8 Å². The van der Waals surface area contributed by atoms with E-state index in [0.29, 0.717) is 11.3 Å². The number of nitriles is 1. The molecule has 1 aromatic carbocycles. The van der Waals surface area contributed by atoms with E-state index in [0.717, 1.165) is 5.56 Å². The molecule has 1 N–H and O–H groups in total. The van der Waals surface area contributed by atoms with Crippen molar-refractivity contribution in [1.82, 2.24) is 5.32 Å². The van der Waals surface area contributed by atoms with E-state index in [1.165, 1.54) is 7.11 Å². The molecule has 6 heteroatoms. The van der Waals surface area contributed by atoms with Crippen LogP contribution < -0.4 is 10.1 Å². The summed E-state index contributed by atoms with van der Waals surface area (Å²) in [7, 11) is 1.51. The van der Waals surface area contributed by atoms with Crippen LogP contribution in [-0.4, -0.2) is 32.1 Å². The first-order chi connectivity index (χ1) is 9.58. The number of amides is 1. The lowest BCUT2D eigenvalue weighted by atomic mass is 10.1. The zero-order chi connectivity index (χ0) is 15.0. The Kier molecular flexibility index (Phi) is 6.04. The second-order valence-electron chi connectivity index (χ2n) is 4.02. The van der Waals surface area contributed by atoms with E-state index in [1.54, 1.807) is 18.2 Å². The number of carbonyl (C=O) groups is 2. The van der Waals surface area contributed by atoms with Gasteiger partial charge in [-0.15, -0.1) is 0 Å². The average molecular weight is 276 g/mol. The van der Waals surface area contributed by atoms with Gasteiger partial charge in [0, 0.05) is 6.54 Å². The fourth-order valence-electron chi connectivity index (χ4n) is 1.47. The maximum absolute atomic E-state index is 11.7. The molecular weight excluding hydrogens is 260 g/mol. The van der Waals surface area contributed by atoms with E-state index in [9.17, 15) is 9.59 Å². The summed E-state index contributed by atoms with van der Waals surface area (Å²) < 4.78 is 9.98. The fourth-order valence-corrected chi connectivity index (χ4v) is 1.47. The van der Waals surface area contributed by atoms with Crippen LogP contribution in [0.25, 0.3) is 0 Å². The van der Waals surface area contributed by atoms with Gasteiger partial charge in [-0.1, -0.05) is 6.07 Å². The molecule has 0 saturated heterocycles. The highest BCUT2D eigenvalue weighted by atomic mass is 16.5. The average Bonchev–Trinajstić information content (AvgIpc) is 2.45. The Morgan fingerprint density at radius 3 is 2.80 bits per heavy atom. The van der Waals surface area contributed by atoms with E-state index in [-0.39, 0.29) is 19.6 Å². The van der Waals surface area contributed by atoms with Crippen molar-refractivity contribution in [2.24, 2.45) is 0 Å². The summed E-state index contributed by atoms with van der Waals surface area (Å²) in [5, 5.41) is 10.8. The molecule has 1 amide bonds. The molecule has 0 atom stereocenters. The van der Waals surface area contributed by atoms with Crippen molar-refractivity contribution in [1.29, 1.82) is 5.26 Å². The molecule has 0 aliphatic carbocycles. The van der Waals surface area contributed by atoms with E-state index in [1.807, 2.05) is 13.0 Å². The molecule has 0 unspecified atom stereocenters. The van der Waals surface area contributed by atoms with Gasteiger partial charge in [0.25, 0.3) is 5.91 Å². The van der Waals surface area contributed by atoms with Crippen LogP contribution >= 0.6 is 0 Å². The topological polar surface area (TPSA) is 88.4 Å². The Hall–Kier alpha value is -2.55. The van der Waals surface area contributed by atoms with E-state index in [4.69, 9.17) is 14.7 Å². The van der Waals surface area contributed by atoms with Crippen LogP contribution in [0.2, 0.25) is 0 Å². The molecule has 0 aromatic heterocycles. The first-order valence-electron chi connectivity index (χ1n) is 6.04. The number of benzene rings is 1. The highest BCUT2D eigenvalue weighted by Crippen LogP contribution is 2.19. The summed E-state index contributed by atoms with van der Waals surface area (Å²) in [6.07, 6.45) is 0.217. The Morgan fingerprint density at radius 1 is 1.40 bits per heavy atom. The van der Waals surface area contributed by atoms with Crippen LogP contribution in [-0.2, 0) is 9.53 Å². The third-order valence-corrected chi connectivity index (χ3v) is 2.54. The quantitative estimate of drug-likeness (QED) is 0.622. The minimum absolute atomic E-state index is 0.217. The molecule has 106 valence electrons. The molecule has 1 rings (SSSR count). The third kappa shape index (κ3) is 4.61. The van der Waals surface area contributed by atoms with Crippen molar-refractivity contribution in [3.8, 4) is 11.8 Å². The maximum Gasteiger partial charge on any atom is 0.338 e. The molecule has 0 bridgehead atoms. The second kappa shape index (κ2) is 7.79. The minimum Gasteiger partial charge on any atom is -0.496 e. The predicted octanol–water partition coefficient (Wildman–Crippen LogP) is 1.19. The number of nitrogens with zero attached hydrogens (tertiary/aromatic N) is 1. The lowest BCUT2D eigenvalue weighted by molar-refractivity contribution is -0.124. The summed E-state index contributed by atoms with van der Waals surface area (Å²) in [5.41, 5.74) is 1.22. The molecular formula is C14H16N2O4. The van der Waals surface area contributed by atoms with Crippen LogP contribution in [0.4, 0.5) is 0 Å². The molecule has 0 heterocycles. The van der Waals surface area contributed by atoms with E-state index in [2.05, 4.69) is 5.32 Å². The van der Waals surface area contributed by atoms with Crippen LogP contribution in [0.5, 0.6) is 5.75 Å². The fraction of sp³-hybridized carbons (Fsp3) is 0.357. The van der Waals surface area contributed by atoms with Crippen LogP contribution in [0.15, 0.2) is 18.2 Å². The van der Waals surface area contributed by atoms with Crippen molar-refractivity contribution in [3.63, 3.8) is 0 Å². The Morgan fingerprint density at radius 2 is 2.15 bits per heavy atom. The largest absolute Gasteiger partial charge is 0.496 e. The van der Waals surface area contributed by atoms with Crippen LogP contribution in [0.1, 0.15) is 22.3 Å². The number of hydrogen-bond acceptors (Lipinski definition) is 5. The molecule has 0 aliphatic rings. The Bertz CT molecular complexity index is 534. The van der Waals surface area contributed by atoms with Gasteiger partial charge in [-0.05, 0) is 24.6 Å². The molecule has 0 fully saturated rings. The Labute approximate surface area is 117 Å². The Balaban J connectivity index is 2.51. The molecule has 0 saturated carbocycles. The molecule has 0 spiro atoms. The van der Waals surface area contributed by atoms with Gasteiger partial charge in [0.2, 0.25) is 0 Å². The van der Waals surface area contributed by atoms with Crippen molar-refractivity contribution < 1.29 is 19.1 Å². The number of hydrogen-bond donors (Lipinski definition) is 1. The number of rotatable bonds is 6. The maximum atomic E-state index is 11.7. The normalized spacial score (nSPS) is 9.45. The summed E-state index contributed by atoms with van der Waals surface area (Å²) >= 11 is 0. The minimum atomic E-state index is -0.598. The van der Waals surface area contributed by atoms with Gasteiger partial charge in [0.1, 0.15) is 5.75 Å². The first-order valence-corrected chi connectivity index (χ1v) is 6.04. The van der Waals surface area contributed by atoms with Crippen LogP contribution in [0, 0.1) is 18.3 Å². The van der Waals surface area contributed by atoms with Gasteiger partial charge in [-0.3, -0.25) is 4.79 Å². The van der Waals surface area contributed by atoms with Gasteiger partial charge in [0.15, 0.2) is 6.61 Å². The lowest BCUT2D eigenvalue weighted by Gasteiger charge is -2.08. The predicted molar refractivity (Wildman–Crippen MR) is 71.3 cm³/mol. The van der Waals surface area contributed by atoms with Crippen LogP contribution in [0.3, 0.4) is 0 Å². The smallest absolute Gasteiger partial charge is 0.338 e. The zero-order valence-corrected chi connectivity index (χ0v) is 11.4. The van der Waals surface area contributed by atoms with Crippen molar-refractivity contribution >= 4 is 11.9 Å². The number of aryl methyl sites for hydroxylation is 1. The van der Waals surface area contributed by atoms with Crippen molar-refractivity contribution in [2.75, 3.05) is 20.3 Å². The third-order valence-electron chi connectivity index (χ3n) is 2.54. The molecule has 0 radical (unpaired) electrons. The highest BCUT2D eigenvalue weighted by Gasteiger charge is 2.11. The first kappa shape index (κ1) is 15.5. The molecule has 6 nitrogen and oxygen atoms in total. The SMILES string of the molecule is COc1cc(C(=O)OCC(=O)NCCC#N)ccc1C. The number of methoxy groups -OCH3 is 1. The van der Waals surface area contributed by atoms with Gasteiger partial charge in [0.05, 0.1) is 25.2 Å². The number of nitrogens with one attached hydrogen (secondary N) is 1. The van der Waals surface area contributed by atoms with Crippen molar-refractivity contribution in [3.05, 3.63) is 29.3 Å². The monoisotopic (exact) mass is 276 g/mol. The number of ether oxygens (including phenoxy) is 2. The standard InChI is InChI=1S/C14H16N2O4/c1-10-4-5-11(8-12(10)19-2)14(18)20-9-13(17)16-7-3-6-15/h4-5,8H,3,7,9H2,1-2H3,(H,16,17). The lowest BCUT2D eigenvalue weighted by Crippen LogP contribution is -2.29. The zero-order valence-electron chi connectivity index (χ0n) is 11.4. The summed E-state index contributed by atoms with van der Waals surface area (Å²) in [5.74, 6) is -0.454. The number of carbonyl (C=O) groups excluding carboxylic acids is 2. The number of esters is 1. The molecule has 1 aromatic rings. The summed E-state index contributed by atoms with van der Waals surface area (Å²) in [4.78, 5) is 23.1. The molecule has 20 heavy (non-hydrogen) atoms.